The van der Waals surface area contributed by atoms with Crippen LogP contribution in [0.2, 0.25) is 0 Å². The number of amides is 13. The average molecular weight is 1570 g/mol. The number of thiol groups is 1. The summed E-state index contributed by atoms with van der Waals surface area (Å²) in [7, 11) is 0. The summed E-state index contributed by atoms with van der Waals surface area (Å²) in [6, 6.07) is -15.5. The molecule has 34 heteroatoms. The number of rotatable bonds is 62. The molecule has 109 heavy (non-hydrogen) atoms. The van der Waals surface area contributed by atoms with Gasteiger partial charge in [-0.15, -0.1) is 0 Å². The van der Waals surface area contributed by atoms with Crippen LogP contribution in [-0.4, -0.2) is 200 Å². The van der Waals surface area contributed by atoms with E-state index in [1.165, 1.54) is 0 Å². The highest BCUT2D eigenvalue weighted by molar-refractivity contribution is 7.80. The lowest BCUT2D eigenvalue weighted by Gasteiger charge is -2.30. The fraction of sp³-hybridized carbons (Fsp3) is 0.827. The molecule has 0 aromatic heterocycles. The molecule has 0 spiro atoms. The maximum Gasteiger partial charge on any atom is 0.243 e. The van der Waals surface area contributed by atoms with Crippen LogP contribution >= 0.6 is 12.6 Å². The van der Waals surface area contributed by atoms with Crippen molar-refractivity contribution in [2.75, 3.05) is 45.0 Å². The van der Waals surface area contributed by atoms with Crippen molar-refractivity contribution in [3.63, 3.8) is 0 Å². The van der Waals surface area contributed by atoms with E-state index in [0.717, 1.165) is 0 Å². The van der Waals surface area contributed by atoms with Gasteiger partial charge in [-0.25, -0.2) is 0 Å². The fourth-order valence-corrected chi connectivity index (χ4v) is 12.5. The lowest BCUT2D eigenvalue weighted by atomic mass is 9.98. The van der Waals surface area contributed by atoms with Gasteiger partial charge < -0.3 is 110 Å². The highest BCUT2D eigenvalue weighted by Gasteiger charge is 2.38. The highest BCUT2D eigenvalue weighted by Crippen LogP contribution is 2.18. The second-order valence-corrected chi connectivity index (χ2v) is 31.8. The summed E-state index contributed by atoms with van der Waals surface area (Å²) >= 11 is 4.12. The number of hydrogen-bond acceptors (Lipinski definition) is 21. The third-order valence-corrected chi connectivity index (χ3v) is 18.4. The molecule has 0 rings (SSSR count). The van der Waals surface area contributed by atoms with E-state index in [4.69, 9.17) is 45.9 Å². The van der Waals surface area contributed by atoms with Crippen molar-refractivity contribution in [1.82, 2.24) is 63.8 Å². The van der Waals surface area contributed by atoms with Crippen LogP contribution < -0.4 is 110 Å². The minimum atomic E-state index is -1.30. The van der Waals surface area contributed by atoms with Crippen LogP contribution in [0.5, 0.6) is 0 Å². The quantitative estimate of drug-likeness (QED) is 0.0272. The van der Waals surface area contributed by atoms with E-state index in [2.05, 4.69) is 76.4 Å². The molecule has 13 amide bonds. The van der Waals surface area contributed by atoms with Gasteiger partial charge in [0.05, 0.1) is 6.04 Å². The minimum absolute atomic E-state index is 0.0431. The first-order valence-corrected chi connectivity index (χ1v) is 40.6. The van der Waals surface area contributed by atoms with Gasteiger partial charge in [-0.2, -0.15) is 12.6 Å². The average Bonchev–Trinajstić information content (AvgIpc) is 0.857. The minimum Gasteiger partial charge on any atom is -0.368 e. The van der Waals surface area contributed by atoms with Gasteiger partial charge in [0.25, 0.3) is 0 Å². The Kier molecular flexibility index (Phi) is 54.5. The Bertz CT molecular complexity index is 2730. The normalized spacial score (nSPS) is 15.2. The molecule has 0 unspecified atom stereocenters. The molecule has 13 atom stereocenters. The van der Waals surface area contributed by atoms with E-state index < -0.39 is 155 Å². The van der Waals surface area contributed by atoms with Crippen LogP contribution in [0.1, 0.15) is 237 Å². The third kappa shape index (κ3) is 44.7. The summed E-state index contributed by atoms with van der Waals surface area (Å²) in [5.41, 5.74) is 46.8. The third-order valence-electron chi connectivity index (χ3n) is 18.1. The van der Waals surface area contributed by atoms with Gasteiger partial charge in [0.2, 0.25) is 76.8 Å². The first-order chi connectivity index (χ1) is 51.4. The molecule has 0 fully saturated rings. The summed E-state index contributed by atoms with van der Waals surface area (Å²) in [6.07, 6.45) is 6.73. The Labute approximate surface area is 654 Å². The number of carbonyl (C=O) groups is 13. The fourth-order valence-electron chi connectivity index (χ4n) is 12.2. The van der Waals surface area contributed by atoms with Gasteiger partial charge in [0.1, 0.15) is 72.5 Å². The molecule has 33 nitrogen and oxygen atoms in total. The lowest BCUT2D eigenvalue weighted by molar-refractivity contribution is -0.136. The molecule has 0 aromatic rings. The SMILES string of the molecule is CC(C)C[C@H](NC(=O)[C@H](CC(C)C)NC(=O)[C@H](CCCCN)NC(=O)[C@H](CCCCN)NC(=O)[C@H](CC(C)C)NC(=O)[C@H](CC(C)C)NC(=O)[C@H](CCCCN)NC(=O)[C@H](CCCCN)NC(=O)[C@H](CC(C)C)NC(=O)[C@@H](N)CC(C)C)C(=O)N[C@@H](CCCCN)C(=O)N[C@@H](CCCCN)C(=O)N[C@@H](CS)C(N)=O. The maximum atomic E-state index is 14.8. The van der Waals surface area contributed by atoms with Crippen molar-refractivity contribution in [2.45, 2.75) is 316 Å². The molecule has 0 saturated carbocycles. The van der Waals surface area contributed by atoms with Gasteiger partial charge >= 0.3 is 0 Å². The number of nitrogens with two attached hydrogens (primary N) is 8. The van der Waals surface area contributed by atoms with Gasteiger partial charge in [-0.1, -0.05) is 83.1 Å². The van der Waals surface area contributed by atoms with E-state index in [1.54, 1.807) is 0 Å². The molecule has 630 valence electrons. The second kappa shape index (κ2) is 58.1. The Morgan fingerprint density at radius 1 is 0.229 bits per heavy atom. The largest absolute Gasteiger partial charge is 0.368 e. The van der Waals surface area contributed by atoms with Crippen LogP contribution in [0.4, 0.5) is 0 Å². The maximum absolute atomic E-state index is 14.8. The van der Waals surface area contributed by atoms with Gasteiger partial charge in [-0.05, 0) is 229 Å². The molecule has 0 heterocycles. The van der Waals surface area contributed by atoms with Crippen molar-refractivity contribution in [3.05, 3.63) is 0 Å². The number of hydrogen-bond donors (Lipinski definition) is 21. The van der Waals surface area contributed by atoms with E-state index in [-0.39, 0.29) is 138 Å². The van der Waals surface area contributed by atoms with Crippen LogP contribution in [0.15, 0.2) is 0 Å². The summed E-state index contributed by atoms with van der Waals surface area (Å²) in [5.74, 6) is -10.1. The summed E-state index contributed by atoms with van der Waals surface area (Å²) in [4.78, 5) is 184. The smallest absolute Gasteiger partial charge is 0.243 e. The van der Waals surface area contributed by atoms with Crippen molar-refractivity contribution in [1.29, 1.82) is 0 Å². The predicted octanol–water partition coefficient (Wildman–Crippen LogP) is -0.403. The molecule has 0 aliphatic heterocycles. The molecule has 0 aliphatic rings. The van der Waals surface area contributed by atoms with E-state index >= 15 is 0 Å². The number of nitrogens with one attached hydrogen (secondary N) is 12. The second-order valence-electron chi connectivity index (χ2n) is 31.4. The highest BCUT2D eigenvalue weighted by atomic mass is 32.1. The van der Waals surface area contributed by atoms with Crippen LogP contribution in [-0.2, 0) is 62.3 Å². The topological polar surface area (TPSA) is 574 Å². The Morgan fingerprint density at radius 3 is 0.523 bits per heavy atom. The molecule has 0 bridgehead atoms. The van der Waals surface area contributed by atoms with E-state index in [9.17, 15) is 62.3 Å². The lowest BCUT2D eigenvalue weighted by Crippen LogP contribution is -2.61. The summed E-state index contributed by atoms with van der Waals surface area (Å²) < 4.78 is 0. The molecule has 0 radical (unpaired) electrons. The Balaban J connectivity index is 7.29. The zero-order valence-electron chi connectivity index (χ0n) is 67.8. The monoisotopic (exact) mass is 1570 g/mol. The van der Waals surface area contributed by atoms with Crippen LogP contribution in [0.3, 0.4) is 0 Å². The first-order valence-electron chi connectivity index (χ1n) is 39.9. The standard InChI is InChI=1S/C75H146N20O13S/c1-44(2)37-50(82)64(97)90-57(38-45(3)4)71(104)87-51(25-13-19-31-76)65(98)84-54(28-16-22-34-79)68(101)91-60(41-48(9)10)74(107)93-58(39-46(5)6)72(105)88-52(26-14-20-32-77)66(99)85-55(29-17-23-35-80)69(102)92-61(42-49(11)12)75(108)94-59(40-47(7)8)73(106)89-53(27-15-21-33-78)67(100)86-56(30-18-24-36-81)70(103)95-62(43-109)63(83)96/h44-62,109H,13-43,76-82H2,1-12H3,(H2,83,96)(H,84,98)(H,85,99)(H,86,100)(H,87,104)(H,88,105)(H,89,106)(H,90,97)(H,91,101)(H,92,102)(H,93,107)(H,94,108)(H,95,103)/t50-,51-,52-,53-,54-,55-,56-,57-,58-,59-,60-,61-,62-/m0/s1. The van der Waals surface area contributed by atoms with Crippen molar-refractivity contribution < 1.29 is 62.3 Å². The first kappa shape index (κ1) is 102. The summed E-state index contributed by atoms with van der Waals surface area (Å²) in [5, 5.41) is 33.4. The number of carbonyl (C=O) groups excluding carboxylic acids is 13. The zero-order chi connectivity index (χ0) is 82.9. The van der Waals surface area contributed by atoms with E-state index in [0.29, 0.717) is 96.6 Å². The molecule has 0 aromatic carbocycles. The van der Waals surface area contributed by atoms with Crippen molar-refractivity contribution in [2.24, 2.45) is 81.4 Å². The van der Waals surface area contributed by atoms with Gasteiger partial charge in [0.15, 0.2) is 0 Å². The van der Waals surface area contributed by atoms with Crippen molar-refractivity contribution >= 4 is 89.4 Å². The predicted molar refractivity (Wildman–Crippen MR) is 428 cm³/mol. The van der Waals surface area contributed by atoms with Crippen LogP contribution in [0, 0.1) is 35.5 Å². The van der Waals surface area contributed by atoms with Crippen molar-refractivity contribution in [3.8, 4) is 0 Å². The molecule has 28 N–H and O–H groups in total. The Hall–Kier alpha value is -6.82. The van der Waals surface area contributed by atoms with Crippen LogP contribution in [0.25, 0.3) is 0 Å². The Morgan fingerprint density at radius 2 is 0.376 bits per heavy atom. The van der Waals surface area contributed by atoms with E-state index in [1.807, 2.05) is 83.1 Å². The summed E-state index contributed by atoms with van der Waals surface area (Å²) in [6.45, 7) is 24.0. The molecule has 0 saturated heterocycles. The zero-order valence-corrected chi connectivity index (χ0v) is 68.7. The molecule has 0 aliphatic carbocycles. The number of unbranched alkanes of at least 4 members (excludes halogenated alkanes) is 6. The molecular weight excluding hydrogens is 1420 g/mol. The number of primary amides is 1. The molecular formula is C75H146N20O13S. The van der Waals surface area contributed by atoms with Gasteiger partial charge in [-0.3, -0.25) is 62.3 Å². The van der Waals surface area contributed by atoms with Gasteiger partial charge in [0, 0.05) is 5.75 Å².